The second kappa shape index (κ2) is 9.99. The number of amides is 1. The summed E-state index contributed by atoms with van der Waals surface area (Å²) < 4.78 is 0. The van der Waals surface area contributed by atoms with Gasteiger partial charge in [0.2, 0.25) is 0 Å². The first-order valence-electron chi connectivity index (χ1n) is 7.75. The number of carbonyl (C=O) groups excluding carboxylic acids is 1. The highest BCUT2D eigenvalue weighted by Crippen LogP contribution is 2.18. The van der Waals surface area contributed by atoms with Crippen LogP contribution in [0.4, 0.5) is 0 Å². The minimum Gasteiger partial charge on any atom is -0.348 e. The molecule has 1 aliphatic carbocycles. The van der Waals surface area contributed by atoms with Gasteiger partial charge in [0.25, 0.3) is 5.91 Å². The number of benzene rings is 1. The first-order valence-corrected chi connectivity index (χ1v) is 8.63. The highest BCUT2D eigenvalue weighted by molar-refractivity contribution is 7.09. The van der Waals surface area contributed by atoms with E-state index in [1.165, 1.54) is 5.56 Å². The number of thiazole rings is 1. The van der Waals surface area contributed by atoms with Gasteiger partial charge in [-0.15, -0.1) is 36.2 Å². The van der Waals surface area contributed by atoms with Gasteiger partial charge in [0.15, 0.2) is 0 Å². The molecule has 4 nitrogen and oxygen atoms in total. The van der Waals surface area contributed by atoms with Gasteiger partial charge in [-0.3, -0.25) is 4.79 Å². The van der Waals surface area contributed by atoms with Crippen LogP contribution in [0.15, 0.2) is 35.7 Å². The van der Waals surface area contributed by atoms with Gasteiger partial charge in [0, 0.05) is 23.9 Å². The van der Waals surface area contributed by atoms with Gasteiger partial charge in [0.05, 0.1) is 5.01 Å². The molecular weight excluding hydrogens is 365 g/mol. The van der Waals surface area contributed by atoms with Crippen molar-refractivity contribution in [2.75, 3.05) is 0 Å². The molecule has 0 saturated heterocycles. The van der Waals surface area contributed by atoms with E-state index in [0.717, 1.165) is 37.1 Å². The van der Waals surface area contributed by atoms with Crippen LogP contribution in [-0.4, -0.2) is 23.0 Å². The van der Waals surface area contributed by atoms with E-state index in [0.29, 0.717) is 11.7 Å². The lowest BCUT2D eigenvalue weighted by atomic mass is 9.92. The predicted molar refractivity (Wildman–Crippen MR) is 104 cm³/mol. The summed E-state index contributed by atoms with van der Waals surface area (Å²) in [6.45, 7) is 0. The monoisotopic (exact) mass is 387 g/mol. The lowest BCUT2D eigenvalue weighted by Gasteiger charge is -2.26. The highest BCUT2D eigenvalue weighted by Gasteiger charge is 2.21. The van der Waals surface area contributed by atoms with Gasteiger partial charge >= 0.3 is 0 Å². The fraction of sp³-hybridized carbons (Fsp3) is 0.412. The molecule has 0 bridgehead atoms. The summed E-state index contributed by atoms with van der Waals surface area (Å²) in [7, 11) is 0. The number of nitrogens with one attached hydrogen (secondary N) is 1. The van der Waals surface area contributed by atoms with Crippen molar-refractivity contribution >= 4 is 42.1 Å². The molecule has 2 aromatic rings. The van der Waals surface area contributed by atoms with Gasteiger partial charge in [-0.05, 0) is 31.2 Å². The van der Waals surface area contributed by atoms with Crippen molar-refractivity contribution in [1.29, 1.82) is 0 Å². The van der Waals surface area contributed by atoms with Crippen molar-refractivity contribution in [1.82, 2.24) is 10.3 Å². The van der Waals surface area contributed by atoms with Gasteiger partial charge in [-0.2, -0.15) is 0 Å². The Balaban J connectivity index is 0.00000144. The largest absolute Gasteiger partial charge is 0.348 e. The third kappa shape index (κ3) is 5.74. The Labute approximate surface area is 159 Å². The smallest absolute Gasteiger partial charge is 0.270 e. The predicted octanol–water partition coefficient (Wildman–Crippen LogP) is 3.58. The average Bonchev–Trinajstić information content (AvgIpc) is 2.99. The van der Waals surface area contributed by atoms with Crippen molar-refractivity contribution in [2.45, 2.75) is 44.2 Å². The number of nitrogens with zero attached hydrogens (tertiary/aromatic N) is 1. The number of rotatable bonds is 4. The van der Waals surface area contributed by atoms with E-state index in [1.807, 2.05) is 23.6 Å². The standard InChI is InChI=1S/C17H21N3OS.2ClH/c18-13-6-8-14(9-7-13)19-17(21)15-11-22-16(20-15)10-12-4-2-1-3-5-12;;/h1-5,11,13-14H,6-10,18H2,(H,19,21);2*1H. The zero-order chi connectivity index (χ0) is 15.4. The Hall–Kier alpha value is -1.14. The summed E-state index contributed by atoms with van der Waals surface area (Å²) in [5.74, 6) is -0.0592. The lowest BCUT2D eigenvalue weighted by molar-refractivity contribution is 0.0921. The summed E-state index contributed by atoms with van der Waals surface area (Å²) in [4.78, 5) is 16.7. The molecular formula is C17H23Cl2N3OS. The number of hydrogen-bond donors (Lipinski definition) is 2. The molecule has 1 fully saturated rings. The number of nitrogens with two attached hydrogens (primary N) is 1. The molecule has 7 heteroatoms. The Morgan fingerprint density at radius 2 is 1.83 bits per heavy atom. The lowest BCUT2D eigenvalue weighted by Crippen LogP contribution is -2.40. The fourth-order valence-electron chi connectivity index (χ4n) is 2.79. The maximum atomic E-state index is 12.3. The van der Waals surface area contributed by atoms with Gasteiger partial charge in [0.1, 0.15) is 5.69 Å². The highest BCUT2D eigenvalue weighted by atomic mass is 35.5. The van der Waals surface area contributed by atoms with Gasteiger partial charge < -0.3 is 11.1 Å². The van der Waals surface area contributed by atoms with E-state index < -0.39 is 0 Å². The SMILES string of the molecule is Cl.Cl.NC1CCC(NC(=O)c2csc(Cc3ccccc3)n2)CC1. The van der Waals surface area contributed by atoms with E-state index >= 15 is 0 Å². The molecule has 1 heterocycles. The Morgan fingerprint density at radius 1 is 1.17 bits per heavy atom. The topological polar surface area (TPSA) is 68.0 Å². The molecule has 0 spiro atoms. The zero-order valence-corrected chi connectivity index (χ0v) is 15.8. The van der Waals surface area contributed by atoms with Crippen LogP contribution in [0, 0.1) is 0 Å². The molecule has 0 atom stereocenters. The van der Waals surface area contributed by atoms with Crippen LogP contribution in [0.5, 0.6) is 0 Å². The van der Waals surface area contributed by atoms with E-state index in [1.54, 1.807) is 11.3 Å². The van der Waals surface area contributed by atoms with Crippen molar-refractivity contribution in [3.05, 3.63) is 52.0 Å². The summed E-state index contributed by atoms with van der Waals surface area (Å²) in [5.41, 5.74) is 7.64. The van der Waals surface area contributed by atoms with Crippen LogP contribution in [0.3, 0.4) is 0 Å². The molecule has 24 heavy (non-hydrogen) atoms. The Morgan fingerprint density at radius 3 is 2.50 bits per heavy atom. The second-order valence-electron chi connectivity index (χ2n) is 5.87. The van der Waals surface area contributed by atoms with Crippen LogP contribution in [-0.2, 0) is 6.42 Å². The third-order valence-electron chi connectivity index (χ3n) is 4.09. The molecule has 1 aromatic carbocycles. The third-order valence-corrected chi connectivity index (χ3v) is 4.94. The van der Waals surface area contributed by atoms with Crippen LogP contribution in [0.1, 0.15) is 46.7 Å². The maximum Gasteiger partial charge on any atom is 0.270 e. The second-order valence-corrected chi connectivity index (χ2v) is 6.82. The van der Waals surface area contributed by atoms with Crippen LogP contribution in [0.2, 0.25) is 0 Å². The normalized spacial score (nSPS) is 19.7. The Kier molecular flexibility index (Phi) is 8.70. The van der Waals surface area contributed by atoms with Crippen molar-refractivity contribution in [3.63, 3.8) is 0 Å². The number of aromatic nitrogens is 1. The minimum atomic E-state index is -0.0592. The number of hydrogen-bond acceptors (Lipinski definition) is 4. The summed E-state index contributed by atoms with van der Waals surface area (Å²) >= 11 is 1.54. The summed E-state index contributed by atoms with van der Waals surface area (Å²) in [5, 5.41) is 5.91. The molecule has 1 amide bonds. The average molecular weight is 388 g/mol. The molecule has 3 rings (SSSR count). The van der Waals surface area contributed by atoms with E-state index in [-0.39, 0.29) is 36.8 Å². The first-order chi connectivity index (χ1) is 10.7. The quantitative estimate of drug-likeness (QED) is 0.841. The van der Waals surface area contributed by atoms with E-state index in [9.17, 15) is 4.79 Å². The number of halogens is 2. The molecule has 1 aromatic heterocycles. The maximum absolute atomic E-state index is 12.3. The molecule has 0 aliphatic heterocycles. The van der Waals surface area contributed by atoms with E-state index in [2.05, 4.69) is 22.4 Å². The van der Waals surface area contributed by atoms with Crippen LogP contribution >= 0.6 is 36.2 Å². The van der Waals surface area contributed by atoms with Crippen LogP contribution in [0.25, 0.3) is 0 Å². The summed E-state index contributed by atoms with van der Waals surface area (Å²) in [6, 6.07) is 10.7. The van der Waals surface area contributed by atoms with Crippen LogP contribution < -0.4 is 11.1 Å². The zero-order valence-electron chi connectivity index (χ0n) is 13.3. The molecule has 132 valence electrons. The van der Waals surface area contributed by atoms with Gasteiger partial charge in [-0.25, -0.2) is 4.98 Å². The first kappa shape index (κ1) is 20.9. The van der Waals surface area contributed by atoms with Crippen molar-refractivity contribution in [2.24, 2.45) is 5.73 Å². The van der Waals surface area contributed by atoms with Crippen molar-refractivity contribution < 1.29 is 4.79 Å². The molecule has 1 saturated carbocycles. The fourth-order valence-corrected chi connectivity index (χ4v) is 3.60. The molecule has 0 unspecified atom stereocenters. The summed E-state index contributed by atoms with van der Waals surface area (Å²) in [6.07, 6.45) is 4.68. The van der Waals surface area contributed by atoms with Gasteiger partial charge in [-0.1, -0.05) is 30.3 Å². The molecule has 1 aliphatic rings. The van der Waals surface area contributed by atoms with Crippen molar-refractivity contribution in [3.8, 4) is 0 Å². The molecule has 0 radical (unpaired) electrons. The molecule has 3 N–H and O–H groups in total. The minimum absolute atomic E-state index is 0. The Bertz CT molecular complexity index is 628. The van der Waals surface area contributed by atoms with E-state index in [4.69, 9.17) is 5.73 Å². The number of carbonyl (C=O) groups is 1.